The number of rotatable bonds is 7. The third-order valence-electron chi connectivity index (χ3n) is 2.76. The van der Waals surface area contributed by atoms with Gasteiger partial charge in [0, 0.05) is 24.2 Å². The number of nitrogens with one attached hydrogen (secondary N) is 1. The van der Waals surface area contributed by atoms with E-state index in [-0.39, 0.29) is 6.61 Å². The van der Waals surface area contributed by atoms with Gasteiger partial charge >= 0.3 is 0 Å². The Labute approximate surface area is 127 Å². The summed E-state index contributed by atoms with van der Waals surface area (Å²) in [5.41, 5.74) is 1.48. The molecule has 1 aromatic heterocycles. The predicted octanol–water partition coefficient (Wildman–Crippen LogP) is 1.85. The molecule has 5 nitrogen and oxygen atoms in total. The molecular weight excluding hydrogens is 286 g/mol. The molecule has 1 atom stereocenters. The van der Waals surface area contributed by atoms with Crippen LogP contribution in [-0.2, 0) is 6.54 Å². The number of aromatic nitrogens is 1. The third-order valence-corrected chi connectivity index (χ3v) is 3.73. The minimum absolute atomic E-state index is 0.141. The van der Waals surface area contributed by atoms with E-state index in [0.717, 1.165) is 10.7 Å². The van der Waals surface area contributed by atoms with Crippen molar-refractivity contribution in [3.8, 4) is 11.8 Å². The van der Waals surface area contributed by atoms with Crippen LogP contribution in [0.1, 0.15) is 16.3 Å². The lowest BCUT2D eigenvalue weighted by atomic mass is 10.2. The second-order valence-electron chi connectivity index (χ2n) is 4.59. The van der Waals surface area contributed by atoms with Crippen molar-refractivity contribution in [1.29, 1.82) is 5.26 Å². The van der Waals surface area contributed by atoms with Crippen LogP contribution in [0.15, 0.2) is 29.6 Å². The zero-order chi connectivity index (χ0) is 15.1. The first-order valence-corrected chi connectivity index (χ1v) is 7.48. The molecule has 0 saturated heterocycles. The number of aliphatic hydroxyl groups excluding tert-OH is 1. The van der Waals surface area contributed by atoms with Gasteiger partial charge in [0.25, 0.3) is 0 Å². The number of hydrogen-bond acceptors (Lipinski definition) is 6. The van der Waals surface area contributed by atoms with Gasteiger partial charge in [0.1, 0.15) is 29.5 Å². The van der Waals surface area contributed by atoms with E-state index in [1.165, 1.54) is 0 Å². The number of ether oxygens (including phenoxy) is 1. The predicted molar refractivity (Wildman–Crippen MR) is 81.2 cm³/mol. The molecule has 0 fully saturated rings. The fraction of sp³-hybridized carbons (Fsp3) is 0.333. The normalized spacial score (nSPS) is 11.9. The first-order valence-electron chi connectivity index (χ1n) is 6.60. The maximum absolute atomic E-state index is 9.87. The smallest absolute Gasteiger partial charge is 0.137 e. The van der Waals surface area contributed by atoms with E-state index in [1.807, 2.05) is 12.3 Å². The van der Waals surface area contributed by atoms with Crippen molar-refractivity contribution in [2.45, 2.75) is 19.6 Å². The number of aliphatic hydroxyl groups is 1. The summed E-state index contributed by atoms with van der Waals surface area (Å²) in [6, 6.07) is 9.04. The monoisotopic (exact) mass is 303 g/mol. The summed E-state index contributed by atoms with van der Waals surface area (Å²) in [7, 11) is 0. The van der Waals surface area contributed by atoms with E-state index in [1.54, 1.807) is 35.6 Å². The van der Waals surface area contributed by atoms with Gasteiger partial charge in [0.2, 0.25) is 0 Å². The molecule has 0 aliphatic rings. The Morgan fingerprint density at radius 3 is 3.00 bits per heavy atom. The number of thiazole rings is 1. The van der Waals surface area contributed by atoms with E-state index >= 15 is 0 Å². The standard InChI is InChI=1S/C15H17N3O2S/c1-11-10-21-15(18-11)8-17-7-13(19)9-20-14-5-3-2-4-12(14)6-16/h2-5,10,13,17,19H,7-9H2,1H3. The van der Waals surface area contributed by atoms with Gasteiger partial charge in [-0.25, -0.2) is 4.98 Å². The van der Waals surface area contributed by atoms with Crippen molar-refractivity contribution in [3.63, 3.8) is 0 Å². The average molecular weight is 303 g/mol. The molecule has 0 amide bonds. The Kier molecular flexibility index (Phi) is 5.69. The molecule has 110 valence electrons. The van der Waals surface area contributed by atoms with E-state index < -0.39 is 6.10 Å². The molecule has 21 heavy (non-hydrogen) atoms. The number of benzene rings is 1. The fourth-order valence-electron chi connectivity index (χ4n) is 1.76. The highest BCUT2D eigenvalue weighted by atomic mass is 32.1. The Morgan fingerprint density at radius 2 is 2.29 bits per heavy atom. The summed E-state index contributed by atoms with van der Waals surface area (Å²) in [5, 5.41) is 24.9. The lowest BCUT2D eigenvalue weighted by molar-refractivity contribution is 0.106. The molecule has 0 saturated carbocycles. The van der Waals surface area contributed by atoms with Gasteiger partial charge in [-0.3, -0.25) is 0 Å². The van der Waals surface area contributed by atoms with Crippen LogP contribution in [0.5, 0.6) is 5.75 Å². The number of hydrogen-bond donors (Lipinski definition) is 2. The number of para-hydroxylation sites is 1. The van der Waals surface area contributed by atoms with E-state index in [2.05, 4.69) is 16.4 Å². The molecule has 0 aliphatic carbocycles. The highest BCUT2D eigenvalue weighted by Crippen LogP contribution is 2.16. The molecule has 2 aromatic rings. The summed E-state index contributed by atoms with van der Waals surface area (Å²) < 4.78 is 5.47. The van der Waals surface area contributed by atoms with Crippen molar-refractivity contribution < 1.29 is 9.84 Å². The molecule has 6 heteroatoms. The summed E-state index contributed by atoms with van der Waals surface area (Å²) in [5.74, 6) is 0.495. The molecule has 0 spiro atoms. The molecule has 2 rings (SSSR count). The summed E-state index contributed by atoms with van der Waals surface area (Å²) in [6.45, 7) is 3.13. The van der Waals surface area contributed by atoms with Crippen LogP contribution in [0, 0.1) is 18.3 Å². The van der Waals surface area contributed by atoms with Gasteiger partial charge in [-0.2, -0.15) is 5.26 Å². The molecule has 1 heterocycles. The van der Waals surface area contributed by atoms with Crippen molar-refractivity contribution in [2.24, 2.45) is 0 Å². The van der Waals surface area contributed by atoms with Gasteiger partial charge in [-0.15, -0.1) is 11.3 Å². The highest BCUT2D eigenvalue weighted by molar-refractivity contribution is 7.09. The minimum Gasteiger partial charge on any atom is -0.489 e. The molecule has 0 radical (unpaired) electrons. The van der Waals surface area contributed by atoms with Crippen LogP contribution in [0.2, 0.25) is 0 Å². The van der Waals surface area contributed by atoms with Gasteiger partial charge in [0.15, 0.2) is 0 Å². The van der Waals surface area contributed by atoms with Gasteiger partial charge in [0.05, 0.1) is 5.56 Å². The van der Waals surface area contributed by atoms with Gasteiger partial charge in [-0.05, 0) is 19.1 Å². The zero-order valence-corrected chi connectivity index (χ0v) is 12.6. The fourth-order valence-corrected chi connectivity index (χ4v) is 2.50. The largest absolute Gasteiger partial charge is 0.489 e. The van der Waals surface area contributed by atoms with E-state index in [0.29, 0.717) is 24.4 Å². The van der Waals surface area contributed by atoms with Crippen molar-refractivity contribution >= 4 is 11.3 Å². The number of nitrogens with zero attached hydrogens (tertiary/aromatic N) is 2. The van der Waals surface area contributed by atoms with E-state index in [9.17, 15) is 5.11 Å². The van der Waals surface area contributed by atoms with Crippen molar-refractivity contribution in [3.05, 3.63) is 45.9 Å². The Morgan fingerprint density at radius 1 is 1.48 bits per heavy atom. The number of nitriles is 1. The molecule has 1 aromatic carbocycles. The van der Waals surface area contributed by atoms with Crippen LogP contribution >= 0.6 is 11.3 Å². The van der Waals surface area contributed by atoms with Gasteiger partial charge < -0.3 is 15.2 Å². The van der Waals surface area contributed by atoms with Crippen LogP contribution in [0.3, 0.4) is 0 Å². The van der Waals surface area contributed by atoms with Crippen LogP contribution in [0.25, 0.3) is 0 Å². The first-order chi connectivity index (χ1) is 10.2. The molecule has 1 unspecified atom stereocenters. The highest BCUT2D eigenvalue weighted by Gasteiger charge is 2.08. The lowest BCUT2D eigenvalue weighted by Gasteiger charge is -2.13. The zero-order valence-electron chi connectivity index (χ0n) is 11.7. The second-order valence-corrected chi connectivity index (χ2v) is 5.53. The SMILES string of the molecule is Cc1csc(CNCC(O)COc2ccccc2C#N)n1. The first kappa shape index (κ1) is 15.4. The Balaban J connectivity index is 1.72. The maximum Gasteiger partial charge on any atom is 0.137 e. The average Bonchev–Trinajstić information content (AvgIpc) is 2.91. The molecule has 2 N–H and O–H groups in total. The topological polar surface area (TPSA) is 78.2 Å². The lowest BCUT2D eigenvalue weighted by Crippen LogP contribution is -2.31. The van der Waals surface area contributed by atoms with Crippen molar-refractivity contribution in [1.82, 2.24) is 10.3 Å². The van der Waals surface area contributed by atoms with E-state index in [4.69, 9.17) is 10.00 Å². The third kappa shape index (κ3) is 4.83. The van der Waals surface area contributed by atoms with Crippen LogP contribution in [-0.4, -0.2) is 29.3 Å². The summed E-state index contributed by atoms with van der Waals surface area (Å²) in [6.07, 6.45) is -0.641. The summed E-state index contributed by atoms with van der Waals surface area (Å²) >= 11 is 1.59. The van der Waals surface area contributed by atoms with Crippen LogP contribution < -0.4 is 10.1 Å². The molecule has 0 bridgehead atoms. The summed E-state index contributed by atoms with van der Waals surface area (Å²) in [4.78, 5) is 4.33. The Hall–Kier alpha value is -1.94. The number of aryl methyl sites for hydroxylation is 1. The Bertz CT molecular complexity index is 621. The quantitative estimate of drug-likeness (QED) is 0.816. The molecular formula is C15H17N3O2S. The van der Waals surface area contributed by atoms with Crippen LogP contribution in [0.4, 0.5) is 0 Å². The van der Waals surface area contributed by atoms with Gasteiger partial charge in [-0.1, -0.05) is 12.1 Å². The minimum atomic E-state index is -0.641. The molecule has 0 aliphatic heterocycles. The maximum atomic E-state index is 9.87. The second kappa shape index (κ2) is 7.74. The van der Waals surface area contributed by atoms with Crippen molar-refractivity contribution in [2.75, 3.05) is 13.2 Å².